The molecule has 0 radical (unpaired) electrons. The Labute approximate surface area is 161 Å². The largest absolute Gasteiger partial charge is 0.322 e. The minimum atomic E-state index is -0.325. The number of aromatic nitrogens is 2. The third kappa shape index (κ3) is 4.12. The van der Waals surface area contributed by atoms with E-state index in [4.69, 9.17) is 23.2 Å². The molecule has 0 spiro atoms. The highest BCUT2D eigenvalue weighted by molar-refractivity contribution is 6.39. The first-order chi connectivity index (χ1) is 12.4. The average Bonchev–Trinajstić information content (AvgIpc) is 2.62. The monoisotopic (exact) mass is 386 g/mol. The molecule has 3 aromatic rings. The first-order valence-corrected chi connectivity index (χ1v) is 8.62. The second-order valence-electron chi connectivity index (χ2n) is 5.76. The fourth-order valence-electron chi connectivity index (χ4n) is 2.33. The highest BCUT2D eigenvalue weighted by Crippen LogP contribution is 2.31. The summed E-state index contributed by atoms with van der Waals surface area (Å²) in [7, 11) is 0. The Morgan fingerprint density at radius 1 is 1.04 bits per heavy atom. The predicted molar refractivity (Wildman–Crippen MR) is 106 cm³/mol. The van der Waals surface area contributed by atoms with Crippen LogP contribution in [0.2, 0.25) is 10.0 Å². The number of carbonyl (C=O) groups is 1. The Balaban J connectivity index is 1.83. The van der Waals surface area contributed by atoms with Crippen molar-refractivity contribution in [3.8, 4) is 0 Å². The van der Waals surface area contributed by atoms with Gasteiger partial charge in [-0.1, -0.05) is 41.4 Å². The second-order valence-corrected chi connectivity index (χ2v) is 6.57. The molecule has 5 nitrogen and oxygen atoms in total. The third-order valence-electron chi connectivity index (χ3n) is 3.73. The number of hydrogen-bond acceptors (Lipinski definition) is 4. The number of nitrogens with one attached hydrogen (secondary N) is 2. The van der Waals surface area contributed by atoms with Gasteiger partial charge in [0, 0.05) is 11.9 Å². The van der Waals surface area contributed by atoms with Gasteiger partial charge in [0.2, 0.25) is 5.95 Å². The molecule has 0 atom stereocenters. The van der Waals surface area contributed by atoms with Gasteiger partial charge in [-0.3, -0.25) is 4.79 Å². The number of anilines is 3. The van der Waals surface area contributed by atoms with E-state index < -0.39 is 0 Å². The van der Waals surface area contributed by atoms with Gasteiger partial charge in [-0.15, -0.1) is 0 Å². The van der Waals surface area contributed by atoms with Crippen LogP contribution in [0.5, 0.6) is 0 Å². The van der Waals surface area contributed by atoms with Crippen LogP contribution < -0.4 is 10.6 Å². The Morgan fingerprint density at radius 2 is 1.77 bits per heavy atom. The van der Waals surface area contributed by atoms with Crippen LogP contribution in [0.1, 0.15) is 21.6 Å². The molecule has 3 rings (SSSR count). The Morgan fingerprint density at radius 3 is 2.50 bits per heavy atom. The van der Waals surface area contributed by atoms with Gasteiger partial charge in [0.25, 0.3) is 5.91 Å². The SMILES string of the molecule is Cc1ccc(C)c(NC(=O)c2ccnc(Nc3c(Cl)cccc3Cl)n2)c1. The summed E-state index contributed by atoms with van der Waals surface area (Å²) < 4.78 is 0. The zero-order chi connectivity index (χ0) is 18.7. The lowest BCUT2D eigenvalue weighted by atomic mass is 10.1. The maximum Gasteiger partial charge on any atom is 0.274 e. The van der Waals surface area contributed by atoms with Crippen molar-refractivity contribution in [2.75, 3.05) is 10.6 Å². The van der Waals surface area contributed by atoms with Crippen LogP contribution in [0.15, 0.2) is 48.7 Å². The van der Waals surface area contributed by atoms with E-state index in [1.807, 2.05) is 32.0 Å². The molecule has 0 fully saturated rings. The van der Waals surface area contributed by atoms with Crippen LogP contribution >= 0.6 is 23.2 Å². The van der Waals surface area contributed by atoms with E-state index in [0.29, 0.717) is 15.7 Å². The molecule has 0 aliphatic carbocycles. The fourth-order valence-corrected chi connectivity index (χ4v) is 2.82. The van der Waals surface area contributed by atoms with Crippen molar-refractivity contribution in [3.63, 3.8) is 0 Å². The van der Waals surface area contributed by atoms with E-state index in [-0.39, 0.29) is 17.5 Å². The van der Waals surface area contributed by atoms with Crippen molar-refractivity contribution in [1.29, 1.82) is 0 Å². The zero-order valence-corrected chi connectivity index (χ0v) is 15.7. The van der Waals surface area contributed by atoms with Crippen molar-refractivity contribution < 1.29 is 4.79 Å². The normalized spacial score (nSPS) is 10.5. The number of benzene rings is 2. The molecule has 132 valence electrons. The van der Waals surface area contributed by atoms with Gasteiger partial charge in [0.1, 0.15) is 5.69 Å². The summed E-state index contributed by atoms with van der Waals surface area (Å²) in [6.07, 6.45) is 1.50. The number of para-hydroxylation sites is 1. The summed E-state index contributed by atoms with van der Waals surface area (Å²) in [5.41, 5.74) is 3.50. The quantitative estimate of drug-likeness (QED) is 0.629. The molecule has 7 heteroatoms. The van der Waals surface area contributed by atoms with Gasteiger partial charge in [0.15, 0.2) is 0 Å². The molecule has 2 aromatic carbocycles. The van der Waals surface area contributed by atoms with Gasteiger partial charge >= 0.3 is 0 Å². The number of rotatable bonds is 4. The molecule has 1 amide bonds. The average molecular weight is 387 g/mol. The second kappa shape index (κ2) is 7.72. The van der Waals surface area contributed by atoms with Crippen LogP contribution in [0, 0.1) is 13.8 Å². The Hall–Kier alpha value is -2.63. The maximum atomic E-state index is 12.5. The number of nitrogens with zero attached hydrogens (tertiary/aromatic N) is 2. The van der Waals surface area contributed by atoms with Crippen molar-refractivity contribution >= 4 is 46.4 Å². The van der Waals surface area contributed by atoms with Crippen molar-refractivity contribution in [1.82, 2.24) is 9.97 Å². The summed E-state index contributed by atoms with van der Waals surface area (Å²) in [6, 6.07) is 12.5. The van der Waals surface area contributed by atoms with Gasteiger partial charge in [-0.2, -0.15) is 0 Å². The van der Waals surface area contributed by atoms with Crippen molar-refractivity contribution in [2.45, 2.75) is 13.8 Å². The van der Waals surface area contributed by atoms with E-state index in [2.05, 4.69) is 20.6 Å². The van der Waals surface area contributed by atoms with Crippen LogP contribution in [0.4, 0.5) is 17.3 Å². The number of carbonyl (C=O) groups excluding carboxylic acids is 1. The van der Waals surface area contributed by atoms with Crippen molar-refractivity contribution in [2.24, 2.45) is 0 Å². The molecule has 0 saturated heterocycles. The Bertz CT molecular complexity index is 955. The lowest BCUT2D eigenvalue weighted by Crippen LogP contribution is -2.15. The molecule has 0 saturated carbocycles. The predicted octanol–water partition coefficient (Wildman–Crippen LogP) is 5.40. The number of amides is 1. The van der Waals surface area contributed by atoms with Crippen LogP contribution in [0.3, 0.4) is 0 Å². The van der Waals surface area contributed by atoms with E-state index in [0.717, 1.165) is 16.8 Å². The fraction of sp³-hybridized carbons (Fsp3) is 0.105. The molecule has 1 aromatic heterocycles. The molecule has 26 heavy (non-hydrogen) atoms. The first-order valence-electron chi connectivity index (χ1n) is 7.87. The standard InChI is InChI=1S/C19H16Cl2N4O/c1-11-6-7-12(2)16(10-11)23-18(26)15-8-9-22-19(24-15)25-17-13(20)4-3-5-14(17)21/h3-10H,1-2H3,(H,23,26)(H,22,24,25). The zero-order valence-electron chi connectivity index (χ0n) is 14.2. The molecule has 0 aliphatic heterocycles. The van der Waals surface area contributed by atoms with Gasteiger partial charge in [-0.05, 0) is 49.2 Å². The van der Waals surface area contributed by atoms with E-state index in [9.17, 15) is 4.79 Å². The first kappa shape index (κ1) is 18.2. The summed E-state index contributed by atoms with van der Waals surface area (Å²) in [6.45, 7) is 3.90. The van der Waals surface area contributed by atoms with E-state index in [1.165, 1.54) is 6.20 Å². The third-order valence-corrected chi connectivity index (χ3v) is 4.36. The molecule has 0 unspecified atom stereocenters. The molecule has 0 aliphatic rings. The molecule has 1 heterocycles. The Kier molecular flexibility index (Phi) is 5.40. The maximum absolute atomic E-state index is 12.5. The lowest BCUT2D eigenvalue weighted by Gasteiger charge is -2.11. The molecule has 2 N–H and O–H groups in total. The number of halogens is 2. The van der Waals surface area contributed by atoms with Gasteiger partial charge < -0.3 is 10.6 Å². The summed E-state index contributed by atoms with van der Waals surface area (Å²) in [4.78, 5) is 20.9. The van der Waals surface area contributed by atoms with E-state index in [1.54, 1.807) is 24.3 Å². The minimum Gasteiger partial charge on any atom is -0.322 e. The van der Waals surface area contributed by atoms with Gasteiger partial charge in [0.05, 0.1) is 15.7 Å². The van der Waals surface area contributed by atoms with E-state index >= 15 is 0 Å². The molecular formula is C19H16Cl2N4O. The van der Waals surface area contributed by atoms with Crippen molar-refractivity contribution in [3.05, 3.63) is 75.5 Å². The summed E-state index contributed by atoms with van der Waals surface area (Å²) >= 11 is 12.3. The highest BCUT2D eigenvalue weighted by atomic mass is 35.5. The number of aryl methyl sites for hydroxylation is 2. The molecule has 0 bridgehead atoms. The smallest absolute Gasteiger partial charge is 0.274 e. The molecular weight excluding hydrogens is 371 g/mol. The summed E-state index contributed by atoms with van der Waals surface area (Å²) in [5.74, 6) is -0.0944. The van der Waals surface area contributed by atoms with Crippen LogP contribution in [-0.4, -0.2) is 15.9 Å². The van der Waals surface area contributed by atoms with Crippen LogP contribution in [-0.2, 0) is 0 Å². The van der Waals surface area contributed by atoms with Crippen LogP contribution in [0.25, 0.3) is 0 Å². The highest BCUT2D eigenvalue weighted by Gasteiger charge is 2.12. The summed E-state index contributed by atoms with van der Waals surface area (Å²) in [5, 5.41) is 6.70. The topological polar surface area (TPSA) is 66.9 Å². The minimum absolute atomic E-state index is 0.228. The lowest BCUT2D eigenvalue weighted by molar-refractivity contribution is 0.102. The number of hydrogen-bond donors (Lipinski definition) is 2. The van der Waals surface area contributed by atoms with Gasteiger partial charge in [-0.25, -0.2) is 9.97 Å².